The van der Waals surface area contributed by atoms with Crippen LogP contribution < -0.4 is 0 Å². The first-order valence-electron chi connectivity index (χ1n) is 8.06. The third-order valence-corrected chi connectivity index (χ3v) is 5.30. The molecule has 118 valence electrons. The van der Waals surface area contributed by atoms with Crippen LogP contribution in [0.25, 0.3) is 0 Å². The van der Waals surface area contributed by atoms with E-state index in [0.717, 1.165) is 25.8 Å². The molecule has 0 aromatic rings. The van der Waals surface area contributed by atoms with Crippen LogP contribution in [-0.2, 0) is 4.79 Å². The summed E-state index contributed by atoms with van der Waals surface area (Å²) in [5.41, 5.74) is 0. The summed E-state index contributed by atoms with van der Waals surface area (Å²) < 4.78 is 0. The van der Waals surface area contributed by atoms with Gasteiger partial charge in [-0.2, -0.15) is 0 Å². The lowest BCUT2D eigenvalue weighted by Gasteiger charge is -2.45. The summed E-state index contributed by atoms with van der Waals surface area (Å²) >= 11 is 0. The van der Waals surface area contributed by atoms with E-state index in [1.165, 1.54) is 24.2 Å². The normalized spacial score (nSPS) is 36.4. The maximum Gasteiger partial charge on any atom is 0.326 e. The lowest BCUT2D eigenvalue weighted by atomic mass is 9.78. The smallest absolute Gasteiger partial charge is 0.326 e. The van der Waals surface area contributed by atoms with Crippen molar-refractivity contribution < 1.29 is 19.8 Å². The number of hydrogen-bond acceptors (Lipinski definition) is 3. The summed E-state index contributed by atoms with van der Waals surface area (Å²) in [5.74, 6) is -0.440. The molecule has 2 heterocycles. The fourth-order valence-corrected chi connectivity index (χ4v) is 4.29. The number of hydrogen-bond donors (Lipinski definition) is 2. The average molecular weight is 296 g/mol. The summed E-state index contributed by atoms with van der Waals surface area (Å²) in [6.07, 6.45) is 6.20. The first-order chi connectivity index (χ1) is 10.1. The minimum absolute atomic E-state index is 0.142. The number of aliphatic carboxylic acids is 1. The van der Waals surface area contributed by atoms with Gasteiger partial charge < -0.3 is 20.0 Å². The van der Waals surface area contributed by atoms with Gasteiger partial charge in [0.25, 0.3) is 0 Å². The van der Waals surface area contributed by atoms with Gasteiger partial charge in [0.15, 0.2) is 0 Å². The molecule has 1 aliphatic carbocycles. The standard InChI is InChI=1S/C15H24N2O4/c18-11-8-13(14(19)20)17(9-11)15(21)16-7-3-5-10-4-1-2-6-12(10)16/h10-13,18H,1-9H2,(H,19,20)/t10-,11-,12-,13-/m1/s1. The van der Waals surface area contributed by atoms with Gasteiger partial charge in [-0.3, -0.25) is 0 Å². The molecule has 3 fully saturated rings. The van der Waals surface area contributed by atoms with Gasteiger partial charge in [0, 0.05) is 25.6 Å². The number of urea groups is 1. The number of β-amino-alcohol motifs (C(OH)–C–C–N with tert-alkyl or cyclic N) is 1. The van der Waals surface area contributed by atoms with E-state index in [2.05, 4.69) is 0 Å². The van der Waals surface area contributed by atoms with Gasteiger partial charge in [0.2, 0.25) is 0 Å². The second kappa shape index (κ2) is 5.83. The molecule has 6 nitrogen and oxygen atoms in total. The van der Waals surface area contributed by atoms with Crippen molar-refractivity contribution in [2.45, 2.75) is 63.1 Å². The van der Waals surface area contributed by atoms with Crippen molar-refractivity contribution in [2.24, 2.45) is 5.92 Å². The monoisotopic (exact) mass is 296 g/mol. The number of nitrogens with zero attached hydrogens (tertiary/aromatic N) is 2. The maximum atomic E-state index is 12.8. The second-order valence-electron chi connectivity index (χ2n) is 6.63. The summed E-state index contributed by atoms with van der Waals surface area (Å²) in [6.45, 7) is 0.864. The SMILES string of the molecule is O=C(O)[C@H]1C[C@@H](O)CN1C(=O)N1CCC[C@H]2CCCC[C@H]21. The van der Waals surface area contributed by atoms with Gasteiger partial charge in [-0.05, 0) is 31.6 Å². The Kier molecular flexibility index (Phi) is 4.06. The molecule has 2 amide bonds. The molecule has 0 bridgehead atoms. The van der Waals surface area contributed by atoms with E-state index in [9.17, 15) is 19.8 Å². The molecule has 21 heavy (non-hydrogen) atoms. The predicted octanol–water partition coefficient (Wildman–Crippen LogP) is 1.28. The van der Waals surface area contributed by atoms with Crippen LogP contribution in [0.4, 0.5) is 4.79 Å². The van der Waals surface area contributed by atoms with E-state index >= 15 is 0 Å². The zero-order chi connectivity index (χ0) is 15.0. The number of carbonyl (C=O) groups excluding carboxylic acids is 1. The molecule has 2 saturated heterocycles. The number of carboxylic acid groups (broad SMARTS) is 1. The summed E-state index contributed by atoms with van der Waals surface area (Å²) in [7, 11) is 0. The molecular weight excluding hydrogens is 272 g/mol. The highest BCUT2D eigenvalue weighted by Crippen LogP contribution is 2.36. The molecule has 0 radical (unpaired) electrons. The number of aliphatic hydroxyl groups is 1. The number of aliphatic hydroxyl groups excluding tert-OH is 1. The Morgan fingerprint density at radius 3 is 2.48 bits per heavy atom. The summed E-state index contributed by atoms with van der Waals surface area (Å²) in [4.78, 5) is 27.4. The van der Waals surface area contributed by atoms with E-state index in [-0.39, 0.29) is 25.0 Å². The molecule has 3 aliphatic rings. The van der Waals surface area contributed by atoms with Crippen LogP contribution >= 0.6 is 0 Å². The molecule has 0 unspecified atom stereocenters. The molecule has 4 atom stereocenters. The highest BCUT2D eigenvalue weighted by atomic mass is 16.4. The van der Waals surface area contributed by atoms with E-state index in [1.54, 1.807) is 0 Å². The number of rotatable bonds is 1. The second-order valence-corrected chi connectivity index (χ2v) is 6.63. The van der Waals surface area contributed by atoms with E-state index in [1.807, 2.05) is 4.90 Å². The van der Waals surface area contributed by atoms with Crippen molar-refractivity contribution in [3.05, 3.63) is 0 Å². The lowest BCUT2D eigenvalue weighted by Crippen LogP contribution is -2.56. The molecule has 1 saturated carbocycles. The molecule has 0 spiro atoms. The number of piperidine rings is 1. The first kappa shape index (κ1) is 14.6. The highest BCUT2D eigenvalue weighted by Gasteiger charge is 2.44. The van der Waals surface area contributed by atoms with Gasteiger partial charge in [-0.1, -0.05) is 12.8 Å². The fraction of sp³-hybridized carbons (Fsp3) is 0.867. The minimum Gasteiger partial charge on any atom is -0.480 e. The lowest BCUT2D eigenvalue weighted by molar-refractivity contribution is -0.141. The molecule has 0 aromatic heterocycles. The largest absolute Gasteiger partial charge is 0.480 e. The van der Waals surface area contributed by atoms with Crippen LogP contribution in [0.1, 0.15) is 44.9 Å². The molecule has 6 heteroatoms. The number of carbonyl (C=O) groups is 2. The Hall–Kier alpha value is -1.30. The fourth-order valence-electron chi connectivity index (χ4n) is 4.29. The number of likely N-dealkylation sites (tertiary alicyclic amines) is 2. The van der Waals surface area contributed by atoms with Crippen LogP contribution in [0.3, 0.4) is 0 Å². The Morgan fingerprint density at radius 2 is 1.71 bits per heavy atom. The zero-order valence-electron chi connectivity index (χ0n) is 12.3. The Bertz CT molecular complexity index is 426. The molecule has 3 rings (SSSR count). The predicted molar refractivity (Wildman–Crippen MR) is 75.8 cm³/mol. The van der Waals surface area contributed by atoms with Gasteiger partial charge in [0.05, 0.1) is 6.10 Å². The number of amides is 2. The van der Waals surface area contributed by atoms with Crippen LogP contribution in [-0.4, -0.2) is 63.3 Å². The van der Waals surface area contributed by atoms with Crippen LogP contribution in [0, 0.1) is 5.92 Å². The van der Waals surface area contributed by atoms with Crippen LogP contribution in [0.2, 0.25) is 0 Å². The Labute approximate surface area is 124 Å². The topological polar surface area (TPSA) is 81.1 Å². The first-order valence-corrected chi connectivity index (χ1v) is 8.06. The summed E-state index contributed by atoms with van der Waals surface area (Å²) in [5, 5.41) is 19.0. The molecule has 2 aliphatic heterocycles. The van der Waals surface area contributed by atoms with Crippen molar-refractivity contribution in [3.8, 4) is 0 Å². The van der Waals surface area contributed by atoms with E-state index < -0.39 is 18.1 Å². The van der Waals surface area contributed by atoms with Gasteiger partial charge in [0.1, 0.15) is 6.04 Å². The third-order valence-electron chi connectivity index (χ3n) is 5.30. The number of carboxylic acids is 1. The van der Waals surface area contributed by atoms with Crippen molar-refractivity contribution in [1.82, 2.24) is 9.80 Å². The molecular formula is C15H24N2O4. The van der Waals surface area contributed by atoms with Crippen LogP contribution in [0.15, 0.2) is 0 Å². The minimum atomic E-state index is -1.02. The molecule has 0 aromatic carbocycles. The van der Waals surface area contributed by atoms with Gasteiger partial charge in [-0.25, -0.2) is 9.59 Å². The van der Waals surface area contributed by atoms with E-state index in [4.69, 9.17) is 0 Å². The maximum absolute atomic E-state index is 12.8. The molecule has 2 N–H and O–H groups in total. The zero-order valence-corrected chi connectivity index (χ0v) is 12.3. The highest BCUT2D eigenvalue weighted by molar-refractivity contribution is 5.83. The van der Waals surface area contributed by atoms with Crippen LogP contribution in [0.5, 0.6) is 0 Å². The Balaban J connectivity index is 1.75. The average Bonchev–Trinajstić information content (AvgIpc) is 2.88. The Morgan fingerprint density at radius 1 is 1.00 bits per heavy atom. The van der Waals surface area contributed by atoms with Gasteiger partial charge in [-0.15, -0.1) is 0 Å². The quantitative estimate of drug-likeness (QED) is 0.764. The van der Waals surface area contributed by atoms with Crippen molar-refractivity contribution in [2.75, 3.05) is 13.1 Å². The summed E-state index contributed by atoms with van der Waals surface area (Å²) in [6, 6.07) is -0.792. The van der Waals surface area contributed by atoms with Crippen molar-refractivity contribution in [3.63, 3.8) is 0 Å². The van der Waals surface area contributed by atoms with Gasteiger partial charge >= 0.3 is 12.0 Å². The van der Waals surface area contributed by atoms with E-state index in [0.29, 0.717) is 5.92 Å². The number of fused-ring (bicyclic) bond motifs is 1. The van der Waals surface area contributed by atoms with Crippen molar-refractivity contribution in [1.29, 1.82) is 0 Å². The van der Waals surface area contributed by atoms with Crippen molar-refractivity contribution >= 4 is 12.0 Å². The third kappa shape index (κ3) is 2.73.